The summed E-state index contributed by atoms with van der Waals surface area (Å²) in [6.45, 7) is 0.295. The Bertz CT molecular complexity index is 758. The summed E-state index contributed by atoms with van der Waals surface area (Å²) in [4.78, 5) is 24.5. The highest BCUT2D eigenvalue weighted by atomic mass is 32.2. The fourth-order valence-electron chi connectivity index (χ4n) is 2.35. The Hall–Kier alpha value is -2.47. The number of ether oxygens (including phenoxy) is 2. The molecule has 0 aliphatic carbocycles. The molecule has 0 spiro atoms. The van der Waals surface area contributed by atoms with E-state index in [9.17, 15) is 9.59 Å². The highest BCUT2D eigenvalue weighted by Crippen LogP contribution is 2.32. The van der Waals surface area contributed by atoms with Crippen LogP contribution in [0.4, 0.5) is 5.69 Å². The summed E-state index contributed by atoms with van der Waals surface area (Å²) in [5.74, 6) is 0.747. The molecule has 0 radical (unpaired) electrons. The largest absolute Gasteiger partial charge is 0.497 e. The lowest BCUT2D eigenvalue weighted by Crippen LogP contribution is -2.19. The van der Waals surface area contributed by atoms with Crippen molar-refractivity contribution < 1.29 is 19.1 Å². The summed E-state index contributed by atoms with van der Waals surface area (Å²) in [6.07, 6.45) is 0.632. The van der Waals surface area contributed by atoms with Gasteiger partial charge in [0.15, 0.2) is 0 Å². The maximum absolute atomic E-state index is 12.1. The van der Waals surface area contributed by atoms with Crippen molar-refractivity contribution in [1.29, 1.82) is 0 Å². The lowest BCUT2D eigenvalue weighted by Gasteiger charge is -2.16. The van der Waals surface area contributed by atoms with E-state index in [2.05, 4.69) is 5.32 Å². The van der Waals surface area contributed by atoms with Gasteiger partial charge in [0.05, 0.1) is 30.7 Å². The molecule has 1 N–H and O–H groups in total. The standard InChI is InChI=1S/C18H17NO4S/c1-22-14-5-2-12(3-6-14)8-9-23-18(21)13-4-7-16-15(10-13)19-17(20)11-24-16/h2-7,10H,8-9,11H2,1H3,(H,19,20). The monoisotopic (exact) mass is 343 g/mol. The molecular formula is C18H17NO4S. The second-order valence-corrected chi connectivity index (χ2v) is 6.30. The minimum absolute atomic E-state index is 0.0578. The topological polar surface area (TPSA) is 64.6 Å². The molecule has 0 saturated carbocycles. The molecule has 0 atom stereocenters. The second kappa shape index (κ2) is 7.40. The third-order valence-electron chi connectivity index (χ3n) is 3.63. The molecule has 1 aliphatic rings. The zero-order valence-electron chi connectivity index (χ0n) is 13.2. The van der Waals surface area contributed by atoms with Crippen LogP contribution in [-0.2, 0) is 16.0 Å². The normalized spacial score (nSPS) is 13.0. The molecule has 0 unspecified atom stereocenters. The van der Waals surface area contributed by atoms with Crippen molar-refractivity contribution in [3.8, 4) is 5.75 Å². The molecule has 124 valence electrons. The van der Waals surface area contributed by atoms with E-state index in [4.69, 9.17) is 9.47 Å². The van der Waals surface area contributed by atoms with Crippen LogP contribution in [0.1, 0.15) is 15.9 Å². The molecule has 1 amide bonds. The second-order valence-electron chi connectivity index (χ2n) is 5.28. The maximum Gasteiger partial charge on any atom is 0.338 e. The van der Waals surface area contributed by atoms with Gasteiger partial charge in [-0.25, -0.2) is 4.79 Å². The van der Waals surface area contributed by atoms with Crippen molar-refractivity contribution >= 4 is 29.3 Å². The van der Waals surface area contributed by atoms with Crippen LogP contribution in [0.2, 0.25) is 0 Å². The molecule has 24 heavy (non-hydrogen) atoms. The Balaban J connectivity index is 1.56. The molecule has 2 aromatic carbocycles. The van der Waals surface area contributed by atoms with Crippen molar-refractivity contribution in [3.63, 3.8) is 0 Å². The van der Waals surface area contributed by atoms with Gasteiger partial charge in [0.2, 0.25) is 5.91 Å². The SMILES string of the molecule is COc1ccc(CCOC(=O)c2ccc3c(c2)NC(=O)CS3)cc1. The van der Waals surface area contributed by atoms with Gasteiger partial charge in [-0.05, 0) is 35.9 Å². The molecule has 0 saturated heterocycles. The minimum Gasteiger partial charge on any atom is -0.497 e. The van der Waals surface area contributed by atoms with E-state index in [1.54, 1.807) is 19.2 Å². The lowest BCUT2D eigenvalue weighted by molar-refractivity contribution is -0.113. The Labute approximate surface area is 144 Å². The van der Waals surface area contributed by atoms with Crippen LogP contribution < -0.4 is 10.1 Å². The van der Waals surface area contributed by atoms with E-state index in [1.165, 1.54) is 11.8 Å². The number of nitrogens with one attached hydrogen (secondary N) is 1. The number of methoxy groups -OCH3 is 1. The van der Waals surface area contributed by atoms with E-state index >= 15 is 0 Å². The molecule has 0 fully saturated rings. The zero-order chi connectivity index (χ0) is 16.9. The lowest BCUT2D eigenvalue weighted by atomic mass is 10.1. The quantitative estimate of drug-likeness (QED) is 0.845. The van der Waals surface area contributed by atoms with Crippen LogP contribution in [0.15, 0.2) is 47.4 Å². The number of hydrogen-bond acceptors (Lipinski definition) is 5. The molecule has 3 rings (SSSR count). The van der Waals surface area contributed by atoms with E-state index in [-0.39, 0.29) is 5.91 Å². The number of fused-ring (bicyclic) bond motifs is 1. The third kappa shape index (κ3) is 3.89. The first kappa shape index (κ1) is 16.4. The van der Waals surface area contributed by atoms with Crippen LogP contribution >= 0.6 is 11.8 Å². The number of amides is 1. The number of rotatable bonds is 5. The molecule has 6 heteroatoms. The fourth-order valence-corrected chi connectivity index (χ4v) is 3.14. The van der Waals surface area contributed by atoms with Gasteiger partial charge in [-0.15, -0.1) is 11.8 Å². The van der Waals surface area contributed by atoms with E-state index in [0.29, 0.717) is 30.0 Å². The summed E-state index contributed by atoms with van der Waals surface area (Å²) in [6, 6.07) is 12.9. The summed E-state index contributed by atoms with van der Waals surface area (Å²) in [7, 11) is 1.62. The number of hydrogen-bond donors (Lipinski definition) is 1. The number of carbonyl (C=O) groups excluding carboxylic acids is 2. The molecular weight excluding hydrogens is 326 g/mol. The van der Waals surface area contributed by atoms with Gasteiger partial charge in [-0.2, -0.15) is 0 Å². The predicted octanol–water partition coefficient (Wildman–Crippen LogP) is 3.14. The minimum atomic E-state index is -0.392. The van der Waals surface area contributed by atoms with Crippen LogP contribution in [0.25, 0.3) is 0 Å². The Morgan fingerprint density at radius 2 is 2.00 bits per heavy atom. The van der Waals surface area contributed by atoms with Gasteiger partial charge >= 0.3 is 5.97 Å². The predicted molar refractivity (Wildman–Crippen MR) is 92.8 cm³/mol. The average molecular weight is 343 g/mol. The van der Waals surface area contributed by atoms with E-state index in [0.717, 1.165) is 16.2 Å². The van der Waals surface area contributed by atoms with Crippen LogP contribution in [0.3, 0.4) is 0 Å². The summed E-state index contributed by atoms with van der Waals surface area (Å²) in [5.41, 5.74) is 2.17. The number of carbonyl (C=O) groups is 2. The molecule has 5 nitrogen and oxygen atoms in total. The molecule has 2 aromatic rings. The molecule has 0 bridgehead atoms. The number of esters is 1. The smallest absolute Gasteiger partial charge is 0.338 e. The first-order valence-electron chi connectivity index (χ1n) is 7.52. The maximum atomic E-state index is 12.1. The summed E-state index contributed by atoms with van der Waals surface area (Å²) >= 11 is 1.46. The average Bonchev–Trinajstić information content (AvgIpc) is 2.61. The zero-order valence-corrected chi connectivity index (χ0v) is 14.0. The number of anilines is 1. The first-order chi connectivity index (χ1) is 11.7. The van der Waals surface area contributed by atoms with Gasteiger partial charge in [0.25, 0.3) is 0 Å². The summed E-state index contributed by atoms with van der Waals surface area (Å²) in [5, 5.41) is 2.77. The third-order valence-corrected chi connectivity index (χ3v) is 4.70. The number of thioether (sulfide) groups is 1. The van der Waals surface area contributed by atoms with E-state index in [1.807, 2.05) is 30.3 Å². The Morgan fingerprint density at radius 1 is 1.21 bits per heavy atom. The van der Waals surface area contributed by atoms with Crippen LogP contribution in [0.5, 0.6) is 5.75 Å². The van der Waals surface area contributed by atoms with Crippen LogP contribution in [-0.4, -0.2) is 31.3 Å². The van der Waals surface area contributed by atoms with Crippen molar-refractivity contribution in [2.45, 2.75) is 11.3 Å². The van der Waals surface area contributed by atoms with Crippen molar-refractivity contribution in [1.82, 2.24) is 0 Å². The highest BCUT2D eigenvalue weighted by Gasteiger charge is 2.17. The number of benzene rings is 2. The van der Waals surface area contributed by atoms with Gasteiger partial charge in [-0.1, -0.05) is 12.1 Å². The Kier molecular flexibility index (Phi) is 5.05. The fraction of sp³-hybridized carbons (Fsp3) is 0.222. The first-order valence-corrected chi connectivity index (χ1v) is 8.51. The van der Waals surface area contributed by atoms with E-state index < -0.39 is 5.97 Å². The summed E-state index contributed by atoms with van der Waals surface area (Å²) < 4.78 is 10.4. The van der Waals surface area contributed by atoms with Crippen LogP contribution in [0, 0.1) is 0 Å². The molecule has 1 heterocycles. The van der Waals surface area contributed by atoms with Gasteiger partial charge in [0.1, 0.15) is 5.75 Å². The highest BCUT2D eigenvalue weighted by molar-refractivity contribution is 8.00. The van der Waals surface area contributed by atoms with Gasteiger partial charge in [-0.3, -0.25) is 4.79 Å². The van der Waals surface area contributed by atoms with Crippen molar-refractivity contribution in [2.75, 3.05) is 24.8 Å². The molecule has 1 aliphatic heterocycles. The van der Waals surface area contributed by atoms with Crippen molar-refractivity contribution in [3.05, 3.63) is 53.6 Å². The molecule has 0 aromatic heterocycles. The Morgan fingerprint density at radius 3 is 2.75 bits per heavy atom. The van der Waals surface area contributed by atoms with Gasteiger partial charge < -0.3 is 14.8 Å². The van der Waals surface area contributed by atoms with Gasteiger partial charge in [0, 0.05) is 11.3 Å². The van der Waals surface area contributed by atoms with Crippen molar-refractivity contribution in [2.24, 2.45) is 0 Å².